The van der Waals surface area contributed by atoms with Crippen LogP contribution in [-0.2, 0) is 9.53 Å². The van der Waals surface area contributed by atoms with E-state index in [1.54, 1.807) is 43.5 Å². The lowest BCUT2D eigenvalue weighted by atomic mass is 10.1. The zero-order valence-corrected chi connectivity index (χ0v) is 23.4. The molecule has 0 bridgehead atoms. The molecule has 1 aromatic heterocycles. The lowest BCUT2D eigenvalue weighted by Gasteiger charge is -2.42. The second-order valence-corrected chi connectivity index (χ2v) is 10.7. The van der Waals surface area contributed by atoms with E-state index < -0.39 is 0 Å². The summed E-state index contributed by atoms with van der Waals surface area (Å²) in [5.74, 6) is 1.44. The Balaban J connectivity index is 1.29. The summed E-state index contributed by atoms with van der Waals surface area (Å²) in [7, 11) is 3.32. The molecule has 210 valence electrons. The summed E-state index contributed by atoms with van der Waals surface area (Å²) in [6.07, 6.45) is 4.75. The van der Waals surface area contributed by atoms with Gasteiger partial charge in [-0.3, -0.25) is 14.5 Å². The largest absolute Gasteiger partial charge is 0.495 e. The molecule has 0 radical (unpaired) electrons. The number of hydrogen-bond donors (Lipinski definition) is 2. The molecule has 2 fully saturated rings. The Bertz CT molecular complexity index is 1220. The van der Waals surface area contributed by atoms with Gasteiger partial charge in [-0.1, -0.05) is 6.92 Å². The highest BCUT2D eigenvalue weighted by molar-refractivity contribution is 6.04. The first kappa shape index (κ1) is 27.1. The molecule has 0 unspecified atom stereocenters. The van der Waals surface area contributed by atoms with Crippen molar-refractivity contribution in [3.8, 4) is 5.75 Å². The number of amides is 2. The maximum absolute atomic E-state index is 12.9. The van der Waals surface area contributed by atoms with Gasteiger partial charge in [-0.25, -0.2) is 4.98 Å². The lowest BCUT2D eigenvalue weighted by molar-refractivity contribution is -0.120. The number of methoxy groups -OCH3 is 1. The van der Waals surface area contributed by atoms with Crippen LogP contribution in [-0.4, -0.2) is 91.3 Å². The molecule has 2 saturated heterocycles. The lowest BCUT2D eigenvalue weighted by Crippen LogP contribution is -2.54. The third kappa shape index (κ3) is 5.38. The molecule has 0 aliphatic carbocycles. The number of nitrogens with one attached hydrogen (secondary N) is 2. The number of fused-ring (bicyclic) bond motifs is 2. The monoisotopic (exact) mass is 537 g/mol. The maximum Gasteiger partial charge on any atom is 0.251 e. The molecule has 39 heavy (non-hydrogen) atoms. The minimum atomic E-state index is -0.284. The topological polar surface area (TPSA) is 112 Å². The Hall–Kier alpha value is -3.44. The molecule has 4 heterocycles. The van der Waals surface area contributed by atoms with Crippen molar-refractivity contribution in [2.24, 2.45) is 0 Å². The van der Waals surface area contributed by atoms with E-state index in [9.17, 15) is 9.59 Å². The predicted octanol–water partition coefficient (Wildman–Crippen LogP) is 2.79. The number of anilines is 4. The molecule has 3 aliphatic rings. The van der Waals surface area contributed by atoms with Crippen molar-refractivity contribution >= 4 is 35.0 Å². The van der Waals surface area contributed by atoms with Gasteiger partial charge < -0.3 is 29.9 Å². The van der Waals surface area contributed by atoms with E-state index in [2.05, 4.69) is 39.3 Å². The molecule has 1 aromatic carbocycles. The number of hydrogen-bond acceptors (Lipinski definition) is 9. The average Bonchev–Trinajstić information content (AvgIpc) is 3.41. The second-order valence-electron chi connectivity index (χ2n) is 10.7. The normalized spacial score (nSPS) is 23.0. The van der Waals surface area contributed by atoms with Gasteiger partial charge in [0.15, 0.2) is 5.82 Å². The van der Waals surface area contributed by atoms with Crippen molar-refractivity contribution in [3.63, 3.8) is 0 Å². The SMILES string of the molecule is CC[C@@H]1C(=O)N(C)c2cnc(Nc3ccc(C(=O)NC[C@H]4CN5CCC[C@H]5CO4)cc3OC)nc2N1C(C)C. The third-order valence-corrected chi connectivity index (χ3v) is 7.91. The van der Waals surface area contributed by atoms with Crippen molar-refractivity contribution < 1.29 is 19.1 Å². The summed E-state index contributed by atoms with van der Waals surface area (Å²) in [4.78, 5) is 41.2. The predicted molar refractivity (Wildman–Crippen MR) is 150 cm³/mol. The zero-order valence-electron chi connectivity index (χ0n) is 23.4. The highest BCUT2D eigenvalue weighted by atomic mass is 16.5. The number of benzene rings is 1. The van der Waals surface area contributed by atoms with Crippen LogP contribution in [0.15, 0.2) is 24.4 Å². The van der Waals surface area contributed by atoms with E-state index in [1.807, 2.05) is 6.92 Å². The zero-order chi connectivity index (χ0) is 27.7. The fraction of sp³-hybridized carbons (Fsp3) is 0.571. The molecule has 3 atom stereocenters. The molecule has 2 aromatic rings. The molecule has 11 nitrogen and oxygen atoms in total. The summed E-state index contributed by atoms with van der Waals surface area (Å²) in [5, 5.41) is 6.24. The summed E-state index contributed by atoms with van der Waals surface area (Å²) >= 11 is 0. The fourth-order valence-corrected chi connectivity index (χ4v) is 5.81. The Labute approximate surface area is 229 Å². The highest BCUT2D eigenvalue weighted by Crippen LogP contribution is 2.37. The van der Waals surface area contributed by atoms with Gasteiger partial charge in [-0.05, 0) is 57.9 Å². The van der Waals surface area contributed by atoms with Crippen LogP contribution >= 0.6 is 0 Å². The van der Waals surface area contributed by atoms with E-state index in [4.69, 9.17) is 14.5 Å². The minimum Gasteiger partial charge on any atom is -0.495 e. The van der Waals surface area contributed by atoms with Gasteiger partial charge in [0.05, 0.1) is 31.7 Å². The molecule has 0 spiro atoms. The first-order valence-corrected chi connectivity index (χ1v) is 13.8. The Morgan fingerprint density at radius 2 is 2.13 bits per heavy atom. The van der Waals surface area contributed by atoms with Gasteiger partial charge in [0, 0.05) is 37.8 Å². The first-order valence-electron chi connectivity index (χ1n) is 13.8. The second kappa shape index (κ2) is 11.4. The van der Waals surface area contributed by atoms with Gasteiger partial charge in [-0.15, -0.1) is 0 Å². The van der Waals surface area contributed by atoms with Crippen molar-refractivity contribution in [2.75, 3.05) is 55.5 Å². The summed E-state index contributed by atoms with van der Waals surface area (Å²) < 4.78 is 11.6. The Morgan fingerprint density at radius 1 is 1.31 bits per heavy atom. The third-order valence-electron chi connectivity index (χ3n) is 7.91. The van der Waals surface area contributed by atoms with Crippen molar-refractivity contribution in [1.29, 1.82) is 0 Å². The number of rotatable bonds is 8. The van der Waals surface area contributed by atoms with Crippen LogP contribution in [0.4, 0.5) is 23.1 Å². The van der Waals surface area contributed by atoms with E-state index >= 15 is 0 Å². The van der Waals surface area contributed by atoms with Gasteiger partial charge in [0.25, 0.3) is 5.91 Å². The van der Waals surface area contributed by atoms with Gasteiger partial charge in [0.1, 0.15) is 17.5 Å². The van der Waals surface area contributed by atoms with Crippen LogP contribution in [0.2, 0.25) is 0 Å². The molecule has 11 heteroatoms. The van der Waals surface area contributed by atoms with E-state index in [-0.39, 0.29) is 30.0 Å². The van der Waals surface area contributed by atoms with E-state index in [0.29, 0.717) is 53.5 Å². The first-order chi connectivity index (χ1) is 18.8. The molecule has 2 amide bonds. The number of likely N-dealkylation sites (N-methyl/N-ethyl adjacent to an activating group) is 1. The number of carbonyl (C=O) groups excluding carboxylic acids is 2. The van der Waals surface area contributed by atoms with E-state index in [0.717, 1.165) is 19.7 Å². The average molecular weight is 538 g/mol. The van der Waals surface area contributed by atoms with Gasteiger partial charge >= 0.3 is 0 Å². The molecule has 2 N–H and O–H groups in total. The summed E-state index contributed by atoms with van der Waals surface area (Å²) in [6, 6.07) is 5.56. The number of ether oxygens (including phenoxy) is 2. The highest BCUT2D eigenvalue weighted by Gasteiger charge is 2.38. The van der Waals surface area contributed by atoms with Crippen LogP contribution in [0, 0.1) is 0 Å². The minimum absolute atomic E-state index is 0.000609. The van der Waals surface area contributed by atoms with Crippen molar-refractivity contribution in [3.05, 3.63) is 30.0 Å². The van der Waals surface area contributed by atoms with Crippen molar-refractivity contribution in [1.82, 2.24) is 20.2 Å². The Kier molecular flexibility index (Phi) is 7.90. The van der Waals surface area contributed by atoms with Crippen LogP contribution in [0.1, 0.15) is 50.4 Å². The fourth-order valence-electron chi connectivity index (χ4n) is 5.81. The summed E-state index contributed by atoms with van der Waals surface area (Å²) in [6.45, 7) is 9.28. The van der Waals surface area contributed by atoms with Gasteiger partial charge in [-0.2, -0.15) is 4.98 Å². The molecule has 0 saturated carbocycles. The van der Waals surface area contributed by atoms with Crippen LogP contribution < -0.4 is 25.2 Å². The van der Waals surface area contributed by atoms with Crippen LogP contribution in [0.5, 0.6) is 5.75 Å². The number of morpholine rings is 1. The summed E-state index contributed by atoms with van der Waals surface area (Å²) in [5.41, 5.74) is 1.80. The van der Waals surface area contributed by atoms with E-state index in [1.165, 1.54) is 12.8 Å². The van der Waals surface area contributed by atoms with Gasteiger partial charge in [0.2, 0.25) is 11.9 Å². The molecular formula is C28H39N7O4. The molecule has 3 aliphatic heterocycles. The quantitative estimate of drug-likeness (QED) is 0.525. The number of carbonyl (C=O) groups is 2. The Morgan fingerprint density at radius 3 is 2.87 bits per heavy atom. The molecular weight excluding hydrogens is 498 g/mol. The van der Waals surface area contributed by atoms with Crippen molar-refractivity contribution in [2.45, 2.75) is 64.3 Å². The molecule has 5 rings (SSSR count). The smallest absolute Gasteiger partial charge is 0.251 e. The number of aromatic nitrogens is 2. The maximum atomic E-state index is 12.9. The van der Waals surface area contributed by atoms with Crippen LogP contribution in [0.25, 0.3) is 0 Å². The standard InChI is InChI=1S/C28H39N7O4/c1-6-22-27(37)33(4)23-14-30-28(32-25(23)35(22)17(2)3)31-21-10-9-18(12-24(21)38-5)26(36)29-13-20-15-34-11-7-8-19(34)16-39-20/h9-10,12,14,17,19-20,22H,6-8,11,13,15-16H2,1-5H3,(H,29,36)(H,30,31,32)/t19-,20-,22+/m0/s1. The van der Waals surface area contributed by atoms with Crippen LogP contribution in [0.3, 0.4) is 0 Å². The number of nitrogens with zero attached hydrogens (tertiary/aromatic N) is 5.